The number of rotatable bonds is 6. The Hall–Kier alpha value is -1.56. The van der Waals surface area contributed by atoms with E-state index in [0.29, 0.717) is 5.75 Å². The van der Waals surface area contributed by atoms with Crippen LogP contribution in [0.25, 0.3) is 0 Å². The number of carbonyl (C=O) groups is 2. The number of aliphatic carboxylic acids is 1. The van der Waals surface area contributed by atoms with Crippen molar-refractivity contribution in [1.82, 2.24) is 5.32 Å². The Morgan fingerprint density at radius 1 is 1.47 bits per heavy atom. The summed E-state index contributed by atoms with van der Waals surface area (Å²) in [5.74, 6) is -0.540. The third-order valence-corrected chi connectivity index (χ3v) is 2.97. The molecule has 104 valence electrons. The standard InChI is InChI=1S/C13H16BrNO4/c1-8(5-13(17)18)15-12(16)7-9-6-10(14)3-4-11(9)19-2/h3-4,6,8H,5,7H2,1-2H3,(H,15,16)(H,17,18)/t8-/m1/s1. The summed E-state index contributed by atoms with van der Waals surface area (Å²) in [6.45, 7) is 1.66. The van der Waals surface area contributed by atoms with E-state index in [1.165, 1.54) is 7.11 Å². The average molecular weight is 330 g/mol. The first kappa shape index (κ1) is 15.5. The first-order valence-electron chi connectivity index (χ1n) is 5.76. The number of hydrogen-bond donors (Lipinski definition) is 2. The van der Waals surface area contributed by atoms with E-state index in [0.717, 1.165) is 10.0 Å². The van der Waals surface area contributed by atoms with E-state index in [1.54, 1.807) is 19.1 Å². The molecule has 6 heteroatoms. The number of carbonyl (C=O) groups excluding carboxylic acids is 1. The van der Waals surface area contributed by atoms with E-state index in [2.05, 4.69) is 21.2 Å². The van der Waals surface area contributed by atoms with Crippen LogP contribution in [-0.2, 0) is 16.0 Å². The lowest BCUT2D eigenvalue weighted by Gasteiger charge is -2.13. The number of ether oxygens (including phenoxy) is 1. The summed E-state index contributed by atoms with van der Waals surface area (Å²) in [4.78, 5) is 22.3. The van der Waals surface area contributed by atoms with Gasteiger partial charge in [0.25, 0.3) is 0 Å². The summed E-state index contributed by atoms with van der Waals surface area (Å²) in [5.41, 5.74) is 0.747. The van der Waals surface area contributed by atoms with Crippen LogP contribution in [-0.4, -0.2) is 30.1 Å². The number of methoxy groups -OCH3 is 1. The first-order valence-corrected chi connectivity index (χ1v) is 6.55. The van der Waals surface area contributed by atoms with Crippen molar-refractivity contribution < 1.29 is 19.4 Å². The lowest BCUT2D eigenvalue weighted by molar-refractivity contribution is -0.137. The van der Waals surface area contributed by atoms with Gasteiger partial charge in [0.2, 0.25) is 5.91 Å². The van der Waals surface area contributed by atoms with Crippen LogP contribution < -0.4 is 10.1 Å². The number of carboxylic acids is 1. The molecule has 0 spiro atoms. The Bertz CT molecular complexity index is 476. The number of benzene rings is 1. The topological polar surface area (TPSA) is 75.6 Å². The van der Waals surface area contributed by atoms with Gasteiger partial charge < -0.3 is 15.2 Å². The maximum Gasteiger partial charge on any atom is 0.305 e. The summed E-state index contributed by atoms with van der Waals surface area (Å²) in [5, 5.41) is 11.3. The van der Waals surface area contributed by atoms with Crippen LogP contribution in [0.5, 0.6) is 5.75 Å². The Balaban J connectivity index is 2.66. The SMILES string of the molecule is COc1ccc(Br)cc1CC(=O)N[C@H](C)CC(=O)O. The molecule has 5 nitrogen and oxygen atoms in total. The number of hydrogen-bond acceptors (Lipinski definition) is 3. The van der Waals surface area contributed by atoms with E-state index in [-0.39, 0.29) is 18.7 Å². The van der Waals surface area contributed by atoms with Gasteiger partial charge in [-0.2, -0.15) is 0 Å². The summed E-state index contributed by atoms with van der Waals surface area (Å²) in [6.07, 6.45) is 0.0495. The van der Waals surface area contributed by atoms with Crippen LogP contribution in [0.4, 0.5) is 0 Å². The van der Waals surface area contributed by atoms with Gasteiger partial charge in [-0.15, -0.1) is 0 Å². The molecule has 0 aliphatic rings. The quantitative estimate of drug-likeness (QED) is 0.836. The predicted molar refractivity (Wildman–Crippen MR) is 74.3 cm³/mol. The molecule has 1 atom stereocenters. The number of halogens is 1. The van der Waals surface area contributed by atoms with Crippen molar-refractivity contribution in [3.8, 4) is 5.75 Å². The molecule has 0 aliphatic carbocycles. The van der Waals surface area contributed by atoms with Crippen LogP contribution in [0.15, 0.2) is 22.7 Å². The zero-order chi connectivity index (χ0) is 14.4. The second-order valence-electron chi connectivity index (χ2n) is 4.20. The second-order valence-corrected chi connectivity index (χ2v) is 5.12. The van der Waals surface area contributed by atoms with Crippen LogP contribution in [0, 0.1) is 0 Å². The van der Waals surface area contributed by atoms with Crippen LogP contribution in [0.3, 0.4) is 0 Å². The largest absolute Gasteiger partial charge is 0.496 e. The minimum atomic E-state index is -0.937. The normalized spacial score (nSPS) is 11.7. The predicted octanol–water partition coefficient (Wildman–Crippen LogP) is 1.98. The maximum absolute atomic E-state index is 11.8. The van der Waals surface area contributed by atoms with Crippen molar-refractivity contribution in [3.63, 3.8) is 0 Å². The molecule has 0 aliphatic heterocycles. The van der Waals surface area contributed by atoms with Gasteiger partial charge in [-0.3, -0.25) is 9.59 Å². The molecule has 0 heterocycles. The molecule has 0 saturated heterocycles. The van der Waals surface area contributed by atoms with E-state index < -0.39 is 12.0 Å². The highest BCUT2D eigenvalue weighted by Crippen LogP contribution is 2.23. The van der Waals surface area contributed by atoms with Gasteiger partial charge in [-0.05, 0) is 25.1 Å². The monoisotopic (exact) mass is 329 g/mol. The van der Waals surface area contributed by atoms with E-state index in [1.807, 2.05) is 6.07 Å². The Morgan fingerprint density at radius 3 is 2.74 bits per heavy atom. The Kier molecular flexibility index (Phi) is 5.82. The number of amides is 1. The lowest BCUT2D eigenvalue weighted by atomic mass is 10.1. The van der Waals surface area contributed by atoms with E-state index in [9.17, 15) is 9.59 Å². The third-order valence-electron chi connectivity index (χ3n) is 2.48. The Morgan fingerprint density at radius 2 is 2.16 bits per heavy atom. The van der Waals surface area contributed by atoms with Crippen LogP contribution in [0.1, 0.15) is 18.9 Å². The highest BCUT2D eigenvalue weighted by atomic mass is 79.9. The molecule has 19 heavy (non-hydrogen) atoms. The van der Waals surface area contributed by atoms with Gasteiger partial charge in [-0.25, -0.2) is 0 Å². The molecule has 2 N–H and O–H groups in total. The number of nitrogens with one attached hydrogen (secondary N) is 1. The molecule has 1 rings (SSSR count). The van der Waals surface area contributed by atoms with Crippen LogP contribution >= 0.6 is 15.9 Å². The van der Waals surface area contributed by atoms with E-state index >= 15 is 0 Å². The average Bonchev–Trinajstić information content (AvgIpc) is 2.27. The van der Waals surface area contributed by atoms with Gasteiger partial charge in [0.05, 0.1) is 20.0 Å². The molecule has 1 aromatic carbocycles. The van der Waals surface area contributed by atoms with Gasteiger partial charge in [-0.1, -0.05) is 15.9 Å². The molecule has 0 saturated carbocycles. The van der Waals surface area contributed by atoms with Gasteiger partial charge in [0.1, 0.15) is 5.75 Å². The zero-order valence-corrected chi connectivity index (χ0v) is 12.4. The molecule has 1 aromatic rings. The molecule has 0 radical (unpaired) electrons. The van der Waals surface area contributed by atoms with E-state index in [4.69, 9.17) is 9.84 Å². The summed E-state index contributed by atoms with van der Waals surface area (Å²) in [6, 6.07) is 5.00. The highest BCUT2D eigenvalue weighted by Gasteiger charge is 2.13. The maximum atomic E-state index is 11.8. The molecule has 0 bridgehead atoms. The van der Waals surface area contributed by atoms with Crippen molar-refractivity contribution in [3.05, 3.63) is 28.2 Å². The molecule has 1 amide bonds. The zero-order valence-electron chi connectivity index (χ0n) is 10.8. The Labute approximate surface area is 120 Å². The molecular formula is C13H16BrNO4. The van der Waals surface area contributed by atoms with Crippen LogP contribution in [0.2, 0.25) is 0 Å². The summed E-state index contributed by atoms with van der Waals surface area (Å²) < 4.78 is 6.03. The van der Waals surface area contributed by atoms with Crippen molar-refractivity contribution in [1.29, 1.82) is 0 Å². The fourth-order valence-electron chi connectivity index (χ4n) is 1.70. The lowest BCUT2D eigenvalue weighted by Crippen LogP contribution is -2.35. The molecule has 0 unspecified atom stereocenters. The molecule has 0 aromatic heterocycles. The summed E-state index contributed by atoms with van der Waals surface area (Å²) in [7, 11) is 1.54. The van der Waals surface area contributed by atoms with Crippen molar-refractivity contribution in [2.45, 2.75) is 25.8 Å². The fourth-order valence-corrected chi connectivity index (χ4v) is 2.11. The first-order chi connectivity index (χ1) is 8.92. The van der Waals surface area contributed by atoms with Crippen molar-refractivity contribution in [2.75, 3.05) is 7.11 Å². The van der Waals surface area contributed by atoms with Crippen molar-refractivity contribution in [2.24, 2.45) is 0 Å². The third kappa shape index (κ3) is 5.30. The van der Waals surface area contributed by atoms with Gasteiger partial charge in [0.15, 0.2) is 0 Å². The smallest absolute Gasteiger partial charge is 0.305 e. The highest BCUT2D eigenvalue weighted by molar-refractivity contribution is 9.10. The van der Waals surface area contributed by atoms with Gasteiger partial charge in [0, 0.05) is 16.1 Å². The summed E-state index contributed by atoms with van der Waals surface area (Å²) >= 11 is 3.33. The molecular weight excluding hydrogens is 314 g/mol. The minimum Gasteiger partial charge on any atom is -0.496 e. The second kappa shape index (κ2) is 7.13. The molecule has 0 fully saturated rings. The fraction of sp³-hybridized carbons (Fsp3) is 0.385. The number of carboxylic acid groups (broad SMARTS) is 1. The minimum absolute atomic E-state index is 0.0959. The van der Waals surface area contributed by atoms with Crippen molar-refractivity contribution >= 4 is 27.8 Å². The van der Waals surface area contributed by atoms with Gasteiger partial charge >= 0.3 is 5.97 Å².